The molecule has 0 aromatic heterocycles. The van der Waals surface area contributed by atoms with Gasteiger partial charge in [-0.2, -0.15) is 0 Å². The molecule has 0 fully saturated rings. The van der Waals surface area contributed by atoms with Crippen molar-refractivity contribution >= 4 is 5.91 Å². The number of rotatable bonds is 8. The third-order valence-corrected chi connectivity index (χ3v) is 3.04. The maximum absolute atomic E-state index is 11.6. The summed E-state index contributed by atoms with van der Waals surface area (Å²) in [5, 5.41) is 2.82. The second kappa shape index (κ2) is 9.50. The predicted molar refractivity (Wildman–Crippen MR) is 86.8 cm³/mol. The molecule has 120 valence electrons. The smallest absolute Gasteiger partial charge is 0.243 e. The topological polar surface area (TPSA) is 56.8 Å². The van der Waals surface area contributed by atoms with Crippen LogP contribution in [0.4, 0.5) is 0 Å². The van der Waals surface area contributed by atoms with Crippen molar-refractivity contribution in [2.45, 2.75) is 13.3 Å². The Labute approximate surface area is 131 Å². The maximum atomic E-state index is 11.6. The van der Waals surface area contributed by atoms with Crippen molar-refractivity contribution in [1.82, 2.24) is 5.32 Å². The molecule has 1 N–H and O–H groups in total. The van der Waals surface area contributed by atoms with Crippen LogP contribution in [0.15, 0.2) is 36.4 Å². The lowest BCUT2D eigenvalue weighted by atomic mass is 10.1. The molecule has 5 nitrogen and oxygen atoms in total. The fourth-order valence-corrected chi connectivity index (χ4v) is 1.95. The minimum atomic E-state index is -0.135. The van der Waals surface area contributed by atoms with Crippen LogP contribution in [0.5, 0.6) is 17.2 Å². The molecule has 0 saturated carbocycles. The fourth-order valence-electron chi connectivity index (χ4n) is 1.95. The molecule has 0 atom stereocenters. The average molecular weight is 305 g/mol. The van der Waals surface area contributed by atoms with E-state index in [0.717, 1.165) is 5.56 Å². The van der Waals surface area contributed by atoms with Crippen LogP contribution in [-0.2, 0) is 11.2 Å². The number of methoxy groups -OCH3 is 3. The van der Waals surface area contributed by atoms with Gasteiger partial charge >= 0.3 is 0 Å². The van der Waals surface area contributed by atoms with Crippen LogP contribution >= 0.6 is 0 Å². The second-order valence-corrected chi connectivity index (χ2v) is 4.44. The lowest BCUT2D eigenvalue weighted by Gasteiger charge is -2.15. The summed E-state index contributed by atoms with van der Waals surface area (Å²) < 4.78 is 15.9. The minimum absolute atomic E-state index is 0.135. The molecule has 0 spiro atoms. The normalized spacial score (nSPS) is 10.9. The molecule has 0 unspecified atom stereocenters. The van der Waals surface area contributed by atoms with Gasteiger partial charge in [-0.1, -0.05) is 18.2 Å². The van der Waals surface area contributed by atoms with Gasteiger partial charge in [0.15, 0.2) is 0 Å². The number of carbonyl (C=O) groups excluding carboxylic acids is 1. The van der Waals surface area contributed by atoms with Gasteiger partial charge < -0.3 is 19.5 Å². The van der Waals surface area contributed by atoms with Gasteiger partial charge in [0, 0.05) is 30.3 Å². The molecule has 22 heavy (non-hydrogen) atoms. The van der Waals surface area contributed by atoms with E-state index < -0.39 is 0 Å². The zero-order chi connectivity index (χ0) is 16.4. The van der Waals surface area contributed by atoms with E-state index in [2.05, 4.69) is 5.32 Å². The fraction of sp³-hybridized carbons (Fsp3) is 0.353. The van der Waals surface area contributed by atoms with Crippen molar-refractivity contribution in [2.24, 2.45) is 0 Å². The number of nitrogens with one attached hydrogen (secondary N) is 1. The number of carbonyl (C=O) groups is 1. The lowest BCUT2D eigenvalue weighted by Crippen LogP contribution is -2.23. The number of allylic oxidation sites excluding steroid dienone is 3. The van der Waals surface area contributed by atoms with Crippen LogP contribution in [0.3, 0.4) is 0 Å². The van der Waals surface area contributed by atoms with Crippen molar-refractivity contribution in [1.29, 1.82) is 0 Å². The highest BCUT2D eigenvalue weighted by Crippen LogP contribution is 2.34. The average Bonchev–Trinajstić information content (AvgIpc) is 2.54. The number of amides is 1. The van der Waals surface area contributed by atoms with E-state index in [-0.39, 0.29) is 5.91 Å². The maximum Gasteiger partial charge on any atom is 0.243 e. The third kappa shape index (κ3) is 5.16. The summed E-state index contributed by atoms with van der Waals surface area (Å²) in [6.07, 6.45) is 7.44. The summed E-state index contributed by atoms with van der Waals surface area (Å²) in [4.78, 5) is 11.6. The molecule has 1 rings (SSSR count). The molecule has 1 aromatic rings. The Balaban J connectivity index is 2.74. The molecule has 0 bridgehead atoms. The van der Waals surface area contributed by atoms with Crippen LogP contribution in [-0.4, -0.2) is 33.8 Å². The first-order valence-electron chi connectivity index (χ1n) is 7.02. The van der Waals surface area contributed by atoms with E-state index in [9.17, 15) is 4.79 Å². The van der Waals surface area contributed by atoms with E-state index in [1.54, 1.807) is 45.6 Å². The summed E-state index contributed by atoms with van der Waals surface area (Å²) in [5.74, 6) is 1.88. The van der Waals surface area contributed by atoms with E-state index in [0.29, 0.717) is 30.2 Å². The quantitative estimate of drug-likeness (QED) is 0.592. The van der Waals surface area contributed by atoms with E-state index in [1.807, 2.05) is 13.0 Å². The highest BCUT2D eigenvalue weighted by molar-refractivity contribution is 5.87. The van der Waals surface area contributed by atoms with Crippen molar-refractivity contribution in [3.8, 4) is 17.2 Å². The Morgan fingerprint density at radius 1 is 1.09 bits per heavy atom. The zero-order valence-corrected chi connectivity index (χ0v) is 13.5. The Hall–Kier alpha value is -2.43. The summed E-state index contributed by atoms with van der Waals surface area (Å²) in [5.41, 5.74) is 0.892. The second-order valence-electron chi connectivity index (χ2n) is 4.44. The first-order valence-corrected chi connectivity index (χ1v) is 7.02. The molecule has 5 heteroatoms. The van der Waals surface area contributed by atoms with E-state index >= 15 is 0 Å². The molecule has 0 aliphatic carbocycles. The molecule has 0 aliphatic rings. The lowest BCUT2D eigenvalue weighted by molar-refractivity contribution is -0.116. The Morgan fingerprint density at radius 2 is 1.73 bits per heavy atom. The highest BCUT2D eigenvalue weighted by atomic mass is 16.5. The van der Waals surface area contributed by atoms with Crippen LogP contribution < -0.4 is 19.5 Å². The van der Waals surface area contributed by atoms with Crippen LogP contribution in [0.25, 0.3) is 0 Å². The number of hydrogen-bond acceptors (Lipinski definition) is 4. The van der Waals surface area contributed by atoms with Crippen LogP contribution in [0.2, 0.25) is 0 Å². The molecule has 0 radical (unpaired) electrons. The van der Waals surface area contributed by atoms with Gasteiger partial charge in [-0.25, -0.2) is 0 Å². The van der Waals surface area contributed by atoms with Gasteiger partial charge in [0.25, 0.3) is 0 Å². The number of benzene rings is 1. The molecule has 0 saturated heterocycles. The van der Waals surface area contributed by atoms with Crippen LogP contribution in [0.1, 0.15) is 12.5 Å². The predicted octanol–water partition coefficient (Wildman–Crippen LogP) is 2.50. The van der Waals surface area contributed by atoms with Gasteiger partial charge in [0.05, 0.1) is 21.3 Å². The van der Waals surface area contributed by atoms with Crippen molar-refractivity contribution in [3.63, 3.8) is 0 Å². The molecule has 1 amide bonds. The largest absolute Gasteiger partial charge is 0.496 e. The first-order chi connectivity index (χ1) is 10.7. The van der Waals surface area contributed by atoms with Gasteiger partial charge in [-0.05, 0) is 13.3 Å². The summed E-state index contributed by atoms with van der Waals surface area (Å²) in [6.45, 7) is 2.38. The Bertz CT molecular complexity index is 525. The van der Waals surface area contributed by atoms with Crippen molar-refractivity contribution in [2.75, 3.05) is 27.9 Å². The summed E-state index contributed by atoms with van der Waals surface area (Å²) >= 11 is 0. The molecule has 0 heterocycles. The van der Waals surface area contributed by atoms with E-state index in [1.165, 1.54) is 6.08 Å². The standard InChI is InChI=1S/C17H23NO4/c1-5-6-7-8-17(19)18-10-9-14-15(21-3)11-13(20-2)12-16(14)22-4/h5-8,11-12H,9-10H2,1-4H3,(H,18,19)/b6-5+,8-7+. The van der Waals surface area contributed by atoms with Gasteiger partial charge in [0.2, 0.25) is 5.91 Å². The van der Waals surface area contributed by atoms with Gasteiger partial charge in [-0.15, -0.1) is 0 Å². The third-order valence-electron chi connectivity index (χ3n) is 3.04. The van der Waals surface area contributed by atoms with Gasteiger partial charge in [-0.3, -0.25) is 4.79 Å². The SMILES string of the molecule is C/C=C/C=C/C(=O)NCCc1c(OC)cc(OC)cc1OC. The van der Waals surface area contributed by atoms with Crippen LogP contribution in [0, 0.1) is 0 Å². The van der Waals surface area contributed by atoms with Crippen molar-refractivity contribution < 1.29 is 19.0 Å². The van der Waals surface area contributed by atoms with Gasteiger partial charge in [0.1, 0.15) is 17.2 Å². The monoisotopic (exact) mass is 305 g/mol. The Morgan fingerprint density at radius 3 is 2.23 bits per heavy atom. The zero-order valence-electron chi connectivity index (χ0n) is 13.5. The van der Waals surface area contributed by atoms with E-state index in [4.69, 9.17) is 14.2 Å². The highest BCUT2D eigenvalue weighted by Gasteiger charge is 2.13. The number of hydrogen-bond donors (Lipinski definition) is 1. The summed E-state index contributed by atoms with van der Waals surface area (Å²) in [6, 6.07) is 3.59. The first kappa shape index (κ1) is 17.6. The molecule has 0 aliphatic heterocycles. The summed E-state index contributed by atoms with van der Waals surface area (Å²) in [7, 11) is 4.78. The molecular weight excluding hydrogens is 282 g/mol. The number of ether oxygens (including phenoxy) is 3. The molecule has 1 aromatic carbocycles. The molecular formula is C17H23NO4. The Kier molecular flexibility index (Phi) is 7.61. The van der Waals surface area contributed by atoms with Crippen molar-refractivity contribution in [3.05, 3.63) is 42.0 Å². The minimum Gasteiger partial charge on any atom is -0.496 e.